The van der Waals surface area contributed by atoms with Crippen LogP contribution in [0.4, 0.5) is 0 Å². The lowest BCUT2D eigenvalue weighted by atomic mass is 9.76. The van der Waals surface area contributed by atoms with Gasteiger partial charge in [-0.1, -0.05) is 39.7 Å². The Hall–Kier alpha value is -2.69. The molecule has 0 spiro atoms. The monoisotopic (exact) mass is 491 g/mol. The number of nitrogens with one attached hydrogen (secondary N) is 1. The van der Waals surface area contributed by atoms with E-state index in [-0.39, 0.29) is 24.3 Å². The second-order valence-corrected chi connectivity index (χ2v) is 11.0. The SMILES string of the molecule is CCOC(=O)c1ccc(C2CCC(C)CC2)c2c(C(=O)CC)ccc(C(=O)NC3CCC(C)CC3)c12. The third-order valence-electron chi connectivity index (χ3n) is 8.36. The summed E-state index contributed by atoms with van der Waals surface area (Å²) >= 11 is 0. The van der Waals surface area contributed by atoms with Crippen LogP contribution in [0, 0.1) is 11.8 Å². The summed E-state index contributed by atoms with van der Waals surface area (Å²) < 4.78 is 5.40. The number of rotatable bonds is 7. The summed E-state index contributed by atoms with van der Waals surface area (Å²) in [4.78, 5) is 39.9. The van der Waals surface area contributed by atoms with Gasteiger partial charge < -0.3 is 10.1 Å². The van der Waals surface area contributed by atoms with Crippen LogP contribution in [-0.4, -0.2) is 30.3 Å². The number of esters is 1. The number of Topliss-reactive ketones (excluding diaryl/α,β-unsaturated/α-hetero) is 1. The van der Waals surface area contributed by atoms with Crippen molar-refractivity contribution in [2.75, 3.05) is 6.61 Å². The third-order valence-corrected chi connectivity index (χ3v) is 8.36. The predicted octanol–water partition coefficient (Wildman–Crippen LogP) is 7.21. The van der Waals surface area contributed by atoms with Gasteiger partial charge in [0.1, 0.15) is 0 Å². The van der Waals surface area contributed by atoms with Gasteiger partial charge in [0.05, 0.1) is 12.2 Å². The predicted molar refractivity (Wildman–Crippen MR) is 144 cm³/mol. The molecule has 2 aliphatic rings. The molecule has 2 fully saturated rings. The first-order valence-corrected chi connectivity index (χ1v) is 13.9. The molecular formula is C31H41NO4. The minimum Gasteiger partial charge on any atom is -0.462 e. The van der Waals surface area contributed by atoms with Gasteiger partial charge in [-0.3, -0.25) is 9.59 Å². The second-order valence-electron chi connectivity index (χ2n) is 11.0. The van der Waals surface area contributed by atoms with E-state index < -0.39 is 5.97 Å². The number of carbonyl (C=O) groups excluding carboxylic acids is 3. The zero-order valence-electron chi connectivity index (χ0n) is 22.3. The van der Waals surface area contributed by atoms with Gasteiger partial charge in [-0.15, -0.1) is 0 Å². The number of benzene rings is 2. The van der Waals surface area contributed by atoms with E-state index in [0.717, 1.165) is 62.3 Å². The van der Waals surface area contributed by atoms with Gasteiger partial charge in [0, 0.05) is 29.0 Å². The van der Waals surface area contributed by atoms with Gasteiger partial charge in [0.2, 0.25) is 0 Å². The topological polar surface area (TPSA) is 72.5 Å². The highest BCUT2D eigenvalue weighted by Crippen LogP contribution is 2.41. The molecule has 36 heavy (non-hydrogen) atoms. The van der Waals surface area contributed by atoms with Crippen molar-refractivity contribution in [3.05, 3.63) is 46.5 Å². The molecule has 2 aliphatic carbocycles. The van der Waals surface area contributed by atoms with Gasteiger partial charge in [0.25, 0.3) is 5.91 Å². The standard InChI is InChI=1S/C31H41NO4/c1-5-27(33)24-16-17-25(30(34)32-22-13-9-20(4)10-14-22)29-26(31(35)36-6-2)18-15-23(28(24)29)21-11-7-19(3)8-12-21/h15-22H,5-14H2,1-4H3,(H,32,34). The molecule has 0 aromatic heterocycles. The summed E-state index contributed by atoms with van der Waals surface area (Å²) in [6, 6.07) is 7.49. The summed E-state index contributed by atoms with van der Waals surface area (Å²) in [5, 5.41) is 4.59. The molecule has 1 amide bonds. The van der Waals surface area contributed by atoms with Gasteiger partial charge in [-0.25, -0.2) is 4.79 Å². The third kappa shape index (κ3) is 5.50. The Labute approximate surface area is 215 Å². The molecule has 5 nitrogen and oxygen atoms in total. The molecule has 0 radical (unpaired) electrons. The van der Waals surface area contributed by atoms with E-state index in [1.165, 1.54) is 0 Å². The van der Waals surface area contributed by atoms with Crippen molar-refractivity contribution < 1.29 is 19.1 Å². The quantitative estimate of drug-likeness (QED) is 0.328. The summed E-state index contributed by atoms with van der Waals surface area (Å²) in [6.07, 6.45) is 8.89. The van der Waals surface area contributed by atoms with Crippen molar-refractivity contribution in [3.8, 4) is 0 Å². The molecule has 0 heterocycles. The molecule has 0 bridgehead atoms. The number of hydrogen-bond donors (Lipinski definition) is 1. The van der Waals surface area contributed by atoms with E-state index in [1.807, 2.05) is 19.1 Å². The Morgan fingerprint density at radius 3 is 1.97 bits per heavy atom. The van der Waals surface area contributed by atoms with E-state index in [1.54, 1.807) is 19.1 Å². The van der Waals surface area contributed by atoms with Crippen LogP contribution in [-0.2, 0) is 4.74 Å². The maximum Gasteiger partial charge on any atom is 0.338 e. The van der Waals surface area contributed by atoms with Crippen LogP contribution in [0.15, 0.2) is 24.3 Å². The first-order chi connectivity index (χ1) is 17.3. The van der Waals surface area contributed by atoms with Crippen molar-refractivity contribution in [1.29, 1.82) is 0 Å². The number of amides is 1. The maximum absolute atomic E-state index is 13.7. The fraction of sp³-hybridized carbons (Fsp3) is 0.581. The molecule has 0 atom stereocenters. The Bertz CT molecular complexity index is 1120. The number of hydrogen-bond acceptors (Lipinski definition) is 4. The molecule has 2 aromatic carbocycles. The Morgan fingerprint density at radius 2 is 1.36 bits per heavy atom. The smallest absolute Gasteiger partial charge is 0.338 e. The molecular weight excluding hydrogens is 450 g/mol. The first-order valence-electron chi connectivity index (χ1n) is 13.9. The highest BCUT2D eigenvalue weighted by atomic mass is 16.5. The van der Waals surface area contributed by atoms with E-state index in [0.29, 0.717) is 46.3 Å². The van der Waals surface area contributed by atoms with Crippen molar-refractivity contribution in [3.63, 3.8) is 0 Å². The molecule has 4 rings (SSSR count). The lowest BCUT2D eigenvalue weighted by molar-refractivity contribution is 0.0528. The van der Waals surface area contributed by atoms with Gasteiger partial charge >= 0.3 is 5.97 Å². The lowest BCUT2D eigenvalue weighted by Crippen LogP contribution is -2.37. The Balaban J connectivity index is 1.88. The zero-order valence-corrected chi connectivity index (χ0v) is 22.3. The van der Waals surface area contributed by atoms with Crippen LogP contribution in [0.2, 0.25) is 0 Å². The van der Waals surface area contributed by atoms with Gasteiger partial charge in [-0.05, 0) is 92.4 Å². The van der Waals surface area contributed by atoms with Gasteiger partial charge in [0.15, 0.2) is 5.78 Å². The van der Waals surface area contributed by atoms with Crippen LogP contribution in [0.5, 0.6) is 0 Å². The van der Waals surface area contributed by atoms with Crippen molar-refractivity contribution >= 4 is 28.4 Å². The zero-order chi connectivity index (χ0) is 25.8. The second kappa shape index (κ2) is 11.6. The van der Waals surface area contributed by atoms with Crippen LogP contribution in [0.1, 0.15) is 128 Å². The highest BCUT2D eigenvalue weighted by Gasteiger charge is 2.29. The summed E-state index contributed by atoms with van der Waals surface area (Å²) in [6.45, 7) is 8.43. The number of carbonyl (C=O) groups is 3. The molecule has 5 heteroatoms. The molecule has 2 saturated carbocycles. The average molecular weight is 492 g/mol. The lowest BCUT2D eigenvalue weighted by Gasteiger charge is -2.29. The molecule has 0 saturated heterocycles. The van der Waals surface area contributed by atoms with Gasteiger partial charge in [-0.2, -0.15) is 0 Å². The number of ether oxygens (including phenoxy) is 1. The molecule has 1 N–H and O–H groups in total. The van der Waals surface area contributed by atoms with E-state index >= 15 is 0 Å². The molecule has 194 valence electrons. The molecule has 0 aliphatic heterocycles. The summed E-state index contributed by atoms with van der Waals surface area (Å²) in [7, 11) is 0. The Kier molecular flexibility index (Phi) is 8.48. The average Bonchev–Trinajstić information content (AvgIpc) is 2.89. The van der Waals surface area contributed by atoms with Crippen molar-refractivity contribution in [1.82, 2.24) is 5.32 Å². The first kappa shape index (κ1) is 26.4. The molecule has 2 aromatic rings. The van der Waals surface area contributed by atoms with Crippen LogP contribution in [0.3, 0.4) is 0 Å². The van der Waals surface area contributed by atoms with E-state index in [4.69, 9.17) is 4.74 Å². The van der Waals surface area contributed by atoms with Crippen molar-refractivity contribution in [2.45, 2.75) is 97.4 Å². The van der Waals surface area contributed by atoms with E-state index in [2.05, 4.69) is 19.2 Å². The fourth-order valence-electron chi connectivity index (χ4n) is 6.09. The largest absolute Gasteiger partial charge is 0.462 e. The van der Waals surface area contributed by atoms with Crippen molar-refractivity contribution in [2.24, 2.45) is 11.8 Å². The highest BCUT2D eigenvalue weighted by molar-refractivity contribution is 6.20. The fourth-order valence-corrected chi connectivity index (χ4v) is 6.09. The number of fused-ring (bicyclic) bond motifs is 1. The van der Waals surface area contributed by atoms with Crippen LogP contribution < -0.4 is 5.32 Å². The minimum absolute atomic E-state index is 0.0275. The normalized spacial score (nSPS) is 24.3. The molecule has 0 unspecified atom stereocenters. The summed E-state index contributed by atoms with van der Waals surface area (Å²) in [5.41, 5.74) is 2.52. The van der Waals surface area contributed by atoms with Crippen LogP contribution in [0.25, 0.3) is 10.8 Å². The number of ketones is 1. The summed E-state index contributed by atoms with van der Waals surface area (Å²) in [5.74, 6) is 1.10. The Morgan fingerprint density at radius 1 is 0.778 bits per heavy atom. The minimum atomic E-state index is -0.451. The van der Waals surface area contributed by atoms with Crippen LogP contribution >= 0.6 is 0 Å². The van der Waals surface area contributed by atoms with E-state index in [9.17, 15) is 14.4 Å². The maximum atomic E-state index is 13.7.